The summed E-state index contributed by atoms with van der Waals surface area (Å²) >= 11 is 0. The maximum atomic E-state index is 11.4. The number of carbonyl (C=O) groups is 1. The van der Waals surface area contributed by atoms with Gasteiger partial charge in [0.15, 0.2) is 0 Å². The van der Waals surface area contributed by atoms with Gasteiger partial charge in [0.1, 0.15) is 0 Å². The molecule has 1 heterocycles. The average molecular weight is 309 g/mol. The smallest absolute Gasteiger partial charge is 0.335 e. The molecule has 120 valence electrons. The summed E-state index contributed by atoms with van der Waals surface area (Å²) in [4.78, 5) is 13.9. The Labute approximate surface area is 137 Å². The molecule has 0 bridgehead atoms. The van der Waals surface area contributed by atoms with Crippen LogP contribution in [0.5, 0.6) is 0 Å². The molecule has 23 heavy (non-hydrogen) atoms. The van der Waals surface area contributed by atoms with Crippen LogP contribution >= 0.6 is 0 Å². The molecule has 3 rings (SSSR count). The number of benzene rings is 2. The van der Waals surface area contributed by atoms with Gasteiger partial charge in [-0.1, -0.05) is 36.4 Å². The summed E-state index contributed by atoms with van der Waals surface area (Å²) in [5, 5.41) is 9.39. The summed E-state index contributed by atoms with van der Waals surface area (Å²) in [6, 6.07) is 13.9. The minimum Gasteiger partial charge on any atom is -0.478 e. The lowest BCUT2D eigenvalue weighted by molar-refractivity contribution is 0.0695. The number of hydrogen-bond donors (Lipinski definition) is 1. The Morgan fingerprint density at radius 1 is 1.13 bits per heavy atom. The molecule has 3 nitrogen and oxygen atoms in total. The Hall–Kier alpha value is -2.13. The highest BCUT2D eigenvalue weighted by Gasteiger charge is 2.27. The van der Waals surface area contributed by atoms with E-state index in [1.54, 1.807) is 12.1 Å². The van der Waals surface area contributed by atoms with Crippen molar-refractivity contribution < 1.29 is 9.90 Å². The number of aromatic carboxylic acids is 1. The lowest BCUT2D eigenvalue weighted by Gasteiger charge is -2.19. The van der Waals surface area contributed by atoms with E-state index in [2.05, 4.69) is 36.9 Å². The van der Waals surface area contributed by atoms with Crippen LogP contribution in [0.25, 0.3) is 0 Å². The van der Waals surface area contributed by atoms with Crippen LogP contribution in [0.4, 0.5) is 0 Å². The van der Waals surface area contributed by atoms with Crippen LogP contribution in [0.2, 0.25) is 0 Å². The van der Waals surface area contributed by atoms with Crippen LogP contribution in [0, 0.1) is 13.8 Å². The molecular formula is C20H23NO2. The first-order chi connectivity index (χ1) is 11.1. The van der Waals surface area contributed by atoms with Crippen molar-refractivity contribution in [1.29, 1.82) is 0 Å². The van der Waals surface area contributed by atoms with Gasteiger partial charge in [-0.15, -0.1) is 0 Å². The molecule has 1 fully saturated rings. The highest BCUT2D eigenvalue weighted by atomic mass is 16.4. The Kier molecular flexibility index (Phi) is 4.49. The molecular weight excluding hydrogens is 286 g/mol. The van der Waals surface area contributed by atoms with E-state index in [1.807, 2.05) is 12.1 Å². The fourth-order valence-electron chi connectivity index (χ4n) is 3.60. The predicted octanol–water partition coefficient (Wildman–Crippen LogP) is 3.99. The van der Waals surface area contributed by atoms with Gasteiger partial charge in [0, 0.05) is 13.1 Å². The summed E-state index contributed by atoms with van der Waals surface area (Å²) in [7, 11) is 0. The van der Waals surface area contributed by atoms with E-state index >= 15 is 0 Å². The zero-order valence-corrected chi connectivity index (χ0v) is 13.7. The number of nitrogens with zero attached hydrogens (tertiary/aromatic N) is 1. The summed E-state index contributed by atoms with van der Waals surface area (Å²) < 4.78 is 0. The predicted molar refractivity (Wildman–Crippen MR) is 92.0 cm³/mol. The van der Waals surface area contributed by atoms with E-state index in [4.69, 9.17) is 0 Å². The first-order valence-corrected chi connectivity index (χ1v) is 8.16. The van der Waals surface area contributed by atoms with Crippen LogP contribution in [-0.2, 0) is 6.54 Å². The second kappa shape index (κ2) is 6.55. The molecule has 0 aliphatic carbocycles. The SMILES string of the molecule is Cc1cccc(C)c1CN1CC[C@H](c2ccccc2C(=O)O)C1. The standard InChI is InChI=1S/C20H23NO2/c1-14-6-5-7-15(2)19(14)13-21-11-10-16(12-21)17-8-3-4-9-18(17)20(22)23/h3-9,16H,10-13H2,1-2H3,(H,22,23)/t16-/m0/s1. The quantitative estimate of drug-likeness (QED) is 0.928. The van der Waals surface area contributed by atoms with Gasteiger partial charge in [0.2, 0.25) is 0 Å². The Morgan fingerprint density at radius 2 is 1.83 bits per heavy atom. The Morgan fingerprint density at radius 3 is 2.52 bits per heavy atom. The summed E-state index contributed by atoms with van der Waals surface area (Å²) in [5.41, 5.74) is 5.49. The molecule has 1 atom stereocenters. The van der Waals surface area contributed by atoms with Crippen molar-refractivity contribution in [3.8, 4) is 0 Å². The molecule has 1 saturated heterocycles. The zero-order valence-electron chi connectivity index (χ0n) is 13.7. The van der Waals surface area contributed by atoms with Crippen molar-refractivity contribution >= 4 is 5.97 Å². The summed E-state index contributed by atoms with van der Waals surface area (Å²) in [6.07, 6.45) is 1.02. The molecule has 2 aromatic carbocycles. The van der Waals surface area contributed by atoms with Gasteiger partial charge in [-0.05, 0) is 61.1 Å². The van der Waals surface area contributed by atoms with Crippen molar-refractivity contribution in [2.24, 2.45) is 0 Å². The number of rotatable bonds is 4. The van der Waals surface area contributed by atoms with E-state index in [1.165, 1.54) is 16.7 Å². The zero-order chi connectivity index (χ0) is 16.4. The molecule has 0 amide bonds. The molecule has 0 spiro atoms. The number of hydrogen-bond acceptors (Lipinski definition) is 2. The minimum atomic E-state index is -0.825. The molecule has 0 saturated carbocycles. The van der Waals surface area contributed by atoms with Crippen LogP contribution in [0.15, 0.2) is 42.5 Å². The first kappa shape index (κ1) is 15.8. The molecule has 1 N–H and O–H groups in total. The van der Waals surface area contributed by atoms with Gasteiger partial charge < -0.3 is 5.11 Å². The van der Waals surface area contributed by atoms with E-state index in [9.17, 15) is 9.90 Å². The number of carboxylic acids is 1. The van der Waals surface area contributed by atoms with Crippen molar-refractivity contribution in [2.75, 3.05) is 13.1 Å². The third-order valence-electron chi connectivity index (χ3n) is 4.93. The molecule has 0 aromatic heterocycles. The number of likely N-dealkylation sites (tertiary alicyclic amines) is 1. The monoisotopic (exact) mass is 309 g/mol. The van der Waals surface area contributed by atoms with Gasteiger partial charge in [0.25, 0.3) is 0 Å². The Balaban J connectivity index is 1.76. The fourth-order valence-corrected chi connectivity index (χ4v) is 3.60. The summed E-state index contributed by atoms with van der Waals surface area (Å²) in [5.74, 6) is -0.513. The topological polar surface area (TPSA) is 40.5 Å². The lowest BCUT2D eigenvalue weighted by Crippen LogP contribution is -2.21. The second-order valence-corrected chi connectivity index (χ2v) is 6.48. The average Bonchev–Trinajstić information content (AvgIpc) is 2.99. The maximum absolute atomic E-state index is 11.4. The highest BCUT2D eigenvalue weighted by Crippen LogP contribution is 2.31. The Bertz CT molecular complexity index is 703. The van der Waals surface area contributed by atoms with Gasteiger partial charge in [-0.3, -0.25) is 4.90 Å². The fraction of sp³-hybridized carbons (Fsp3) is 0.350. The largest absolute Gasteiger partial charge is 0.478 e. The maximum Gasteiger partial charge on any atom is 0.335 e. The van der Waals surface area contributed by atoms with Gasteiger partial charge in [-0.2, -0.15) is 0 Å². The molecule has 3 heteroatoms. The first-order valence-electron chi connectivity index (χ1n) is 8.16. The molecule has 1 aliphatic rings. The van der Waals surface area contributed by atoms with E-state index in [-0.39, 0.29) is 0 Å². The van der Waals surface area contributed by atoms with Crippen LogP contribution in [-0.4, -0.2) is 29.1 Å². The lowest BCUT2D eigenvalue weighted by atomic mass is 9.93. The third-order valence-corrected chi connectivity index (χ3v) is 4.93. The van der Waals surface area contributed by atoms with Crippen molar-refractivity contribution in [1.82, 2.24) is 4.90 Å². The molecule has 2 aromatic rings. The summed E-state index contributed by atoms with van der Waals surface area (Å²) in [6.45, 7) is 7.22. The van der Waals surface area contributed by atoms with Gasteiger partial charge in [0.05, 0.1) is 5.56 Å². The second-order valence-electron chi connectivity index (χ2n) is 6.48. The minimum absolute atomic E-state index is 0.312. The normalized spacial score (nSPS) is 18.3. The molecule has 0 unspecified atom stereocenters. The number of aryl methyl sites for hydroxylation is 2. The van der Waals surface area contributed by atoms with Gasteiger partial charge in [-0.25, -0.2) is 4.79 Å². The van der Waals surface area contributed by atoms with Crippen LogP contribution in [0.1, 0.15) is 45.0 Å². The van der Waals surface area contributed by atoms with Crippen molar-refractivity contribution in [2.45, 2.75) is 32.7 Å². The highest BCUT2D eigenvalue weighted by molar-refractivity contribution is 5.89. The van der Waals surface area contributed by atoms with Crippen LogP contribution in [0.3, 0.4) is 0 Å². The van der Waals surface area contributed by atoms with Crippen molar-refractivity contribution in [3.05, 3.63) is 70.3 Å². The molecule has 1 aliphatic heterocycles. The molecule has 0 radical (unpaired) electrons. The number of carboxylic acid groups (broad SMARTS) is 1. The van der Waals surface area contributed by atoms with E-state index in [0.717, 1.165) is 31.6 Å². The van der Waals surface area contributed by atoms with Gasteiger partial charge >= 0.3 is 5.97 Å². The van der Waals surface area contributed by atoms with E-state index in [0.29, 0.717) is 11.5 Å². The van der Waals surface area contributed by atoms with Crippen LogP contribution < -0.4 is 0 Å². The van der Waals surface area contributed by atoms with Crippen molar-refractivity contribution in [3.63, 3.8) is 0 Å². The third kappa shape index (κ3) is 3.30. The van der Waals surface area contributed by atoms with E-state index < -0.39 is 5.97 Å².